The van der Waals surface area contributed by atoms with Gasteiger partial charge in [0.2, 0.25) is 0 Å². The number of nitrogens with zero attached hydrogens (tertiary/aromatic N) is 4. The van der Waals surface area contributed by atoms with E-state index in [0.717, 1.165) is 37.0 Å². The third kappa shape index (κ3) is 7.79. The Balaban J connectivity index is 1.22. The maximum absolute atomic E-state index is 13.5. The summed E-state index contributed by atoms with van der Waals surface area (Å²) in [6.07, 6.45) is -6.52. The predicted molar refractivity (Wildman–Crippen MR) is 158 cm³/mol. The van der Waals surface area contributed by atoms with E-state index in [2.05, 4.69) is 19.8 Å². The number of carbonyl (C=O) groups excluding carboxylic acids is 1. The van der Waals surface area contributed by atoms with Crippen LogP contribution < -0.4 is 9.47 Å². The highest BCUT2D eigenvalue weighted by Gasteiger charge is 2.38. The van der Waals surface area contributed by atoms with Gasteiger partial charge in [-0.05, 0) is 66.2 Å². The van der Waals surface area contributed by atoms with Crippen LogP contribution in [0.1, 0.15) is 33.5 Å². The van der Waals surface area contributed by atoms with Gasteiger partial charge in [0.05, 0.1) is 28.8 Å². The molecule has 0 spiro atoms. The Bertz CT molecular complexity index is 1630. The number of aromatic nitrogens is 1. The Morgan fingerprint density at radius 2 is 1.71 bits per heavy atom. The first-order valence-corrected chi connectivity index (χ1v) is 14.6. The summed E-state index contributed by atoms with van der Waals surface area (Å²) in [6.45, 7) is 5.12. The van der Waals surface area contributed by atoms with Crippen molar-refractivity contribution in [1.29, 1.82) is 0 Å². The minimum absolute atomic E-state index is 0.0702. The predicted octanol–water partition coefficient (Wildman–Crippen LogP) is 6.80. The fourth-order valence-corrected chi connectivity index (χ4v) is 5.83. The molecular weight excluding hydrogens is 622 g/mol. The van der Waals surface area contributed by atoms with Gasteiger partial charge in [-0.2, -0.15) is 31.3 Å². The second-order valence-corrected chi connectivity index (χ2v) is 11.4. The molecule has 14 heteroatoms. The third-order valence-corrected chi connectivity index (χ3v) is 8.40. The number of carbonyl (C=O) groups is 1. The average molecular weight is 651 g/mol. The Hall–Kier alpha value is -4.04. The van der Waals surface area contributed by atoms with Gasteiger partial charge in [-0.15, -0.1) is 0 Å². The maximum Gasteiger partial charge on any atom is 0.416 e. The number of benzene rings is 2. The van der Waals surface area contributed by atoms with E-state index >= 15 is 0 Å². The van der Waals surface area contributed by atoms with E-state index in [0.29, 0.717) is 34.8 Å². The van der Waals surface area contributed by atoms with E-state index in [4.69, 9.17) is 9.47 Å². The topological polar surface area (TPSA) is 67.3 Å². The second-order valence-electron chi connectivity index (χ2n) is 10.4. The lowest BCUT2D eigenvalue weighted by Gasteiger charge is -2.35. The number of methoxy groups -OCH3 is 1. The highest BCUT2D eigenvalue weighted by Crippen LogP contribution is 2.39. The highest BCUT2D eigenvalue weighted by molar-refractivity contribution is 8.18. The number of ether oxygens (including phenoxy) is 2. The smallest absolute Gasteiger partial charge is 0.416 e. The van der Waals surface area contributed by atoms with Crippen molar-refractivity contribution < 1.29 is 40.6 Å². The van der Waals surface area contributed by atoms with Crippen molar-refractivity contribution in [2.24, 2.45) is 4.99 Å². The summed E-state index contributed by atoms with van der Waals surface area (Å²) in [6, 6.07) is 9.94. The van der Waals surface area contributed by atoms with Crippen LogP contribution in [0.4, 0.5) is 26.3 Å². The lowest BCUT2D eigenvalue weighted by molar-refractivity contribution is -0.143. The fraction of sp³-hybridized carbons (Fsp3) is 0.323. The molecule has 2 aromatic carbocycles. The molecule has 1 amide bonds. The minimum Gasteiger partial charge on any atom is -0.493 e. The number of aryl methyl sites for hydroxylation is 1. The molecule has 45 heavy (non-hydrogen) atoms. The number of hydrogen-bond donors (Lipinski definition) is 0. The summed E-state index contributed by atoms with van der Waals surface area (Å²) >= 11 is 1.26. The van der Waals surface area contributed by atoms with E-state index in [1.165, 1.54) is 24.9 Å². The van der Waals surface area contributed by atoms with Crippen LogP contribution in [-0.2, 0) is 30.3 Å². The largest absolute Gasteiger partial charge is 0.493 e. The average Bonchev–Trinajstić information content (AvgIpc) is 3.36. The van der Waals surface area contributed by atoms with Gasteiger partial charge in [0.15, 0.2) is 16.7 Å². The number of pyridine rings is 1. The minimum atomic E-state index is -5.02. The fourth-order valence-electron chi connectivity index (χ4n) is 4.87. The van der Waals surface area contributed by atoms with Crippen LogP contribution in [0.3, 0.4) is 0 Å². The van der Waals surface area contributed by atoms with Crippen LogP contribution in [0.5, 0.6) is 11.5 Å². The first kappa shape index (κ1) is 32.4. The van der Waals surface area contributed by atoms with Gasteiger partial charge in [-0.3, -0.25) is 14.7 Å². The second kappa shape index (κ2) is 13.1. The number of aliphatic imine (C=N–C) groups is 1. The van der Waals surface area contributed by atoms with Gasteiger partial charge in [0.1, 0.15) is 6.61 Å². The highest BCUT2D eigenvalue weighted by atomic mass is 32.2. The summed E-state index contributed by atoms with van der Waals surface area (Å²) < 4.78 is 90.4. The maximum atomic E-state index is 13.5. The standard InChI is InChI=1S/C31H28F6N4O3S/c1-19-4-3-9-38-24(19)17-40-10-12-41(13-11-40)29-39-28(42)27(45-29)15-20-5-8-25(26(14-20)43-2)44-18-21-6-7-22(30(32,33)34)16-23(21)31(35,36)37/h3-9,14-16H,10-13,17-18H2,1-2H3/b27-15-. The molecule has 7 nitrogen and oxygen atoms in total. The van der Waals surface area contributed by atoms with Crippen molar-refractivity contribution in [3.63, 3.8) is 0 Å². The lowest BCUT2D eigenvalue weighted by atomic mass is 10.0. The number of amides is 1. The summed E-state index contributed by atoms with van der Waals surface area (Å²) in [5.74, 6) is -0.141. The molecule has 0 saturated carbocycles. The SMILES string of the molecule is COc1cc(/C=C2\SC(N3CCN(Cc4ncccc4C)CC3)=NC2=O)ccc1OCc1ccc(C(F)(F)F)cc1C(F)(F)F. The van der Waals surface area contributed by atoms with Gasteiger partial charge in [-0.25, -0.2) is 0 Å². The van der Waals surface area contributed by atoms with Crippen molar-refractivity contribution in [2.75, 3.05) is 33.3 Å². The molecule has 0 radical (unpaired) electrons. The molecule has 0 aliphatic carbocycles. The Morgan fingerprint density at radius 3 is 2.38 bits per heavy atom. The van der Waals surface area contributed by atoms with Crippen molar-refractivity contribution in [2.45, 2.75) is 32.4 Å². The molecule has 2 aliphatic heterocycles. The molecule has 1 aromatic heterocycles. The Kier molecular flexibility index (Phi) is 9.44. The molecule has 1 fully saturated rings. The number of amidine groups is 1. The van der Waals surface area contributed by atoms with E-state index in [1.807, 2.05) is 19.1 Å². The van der Waals surface area contributed by atoms with Crippen molar-refractivity contribution in [3.8, 4) is 11.5 Å². The monoisotopic (exact) mass is 650 g/mol. The van der Waals surface area contributed by atoms with Crippen LogP contribution in [0, 0.1) is 6.92 Å². The normalized spacial score (nSPS) is 17.2. The lowest BCUT2D eigenvalue weighted by Crippen LogP contribution is -2.47. The number of alkyl halides is 6. The Labute approximate surface area is 259 Å². The van der Waals surface area contributed by atoms with E-state index in [1.54, 1.807) is 24.4 Å². The zero-order valence-corrected chi connectivity index (χ0v) is 25.0. The van der Waals surface area contributed by atoms with Crippen LogP contribution in [0.15, 0.2) is 64.6 Å². The molecule has 3 heterocycles. The van der Waals surface area contributed by atoms with Crippen molar-refractivity contribution >= 4 is 28.9 Å². The molecule has 0 unspecified atom stereocenters. The molecule has 2 aliphatic rings. The van der Waals surface area contributed by atoms with Gasteiger partial charge in [0.25, 0.3) is 5.91 Å². The molecular formula is C31H28F6N4O3S. The third-order valence-electron chi connectivity index (χ3n) is 7.35. The number of rotatable bonds is 7. The number of hydrogen-bond acceptors (Lipinski definition) is 7. The van der Waals surface area contributed by atoms with Gasteiger partial charge in [-0.1, -0.05) is 18.2 Å². The van der Waals surface area contributed by atoms with Gasteiger partial charge in [0, 0.05) is 44.5 Å². The first-order chi connectivity index (χ1) is 21.3. The number of thioether (sulfide) groups is 1. The summed E-state index contributed by atoms with van der Waals surface area (Å²) in [5, 5.41) is 0.615. The molecule has 0 bridgehead atoms. The van der Waals surface area contributed by atoms with Crippen LogP contribution in [0.25, 0.3) is 6.08 Å². The summed E-state index contributed by atoms with van der Waals surface area (Å²) in [4.78, 5) is 26.2. The van der Waals surface area contributed by atoms with E-state index in [9.17, 15) is 31.1 Å². The molecule has 5 rings (SSSR count). The first-order valence-electron chi connectivity index (χ1n) is 13.8. The number of piperazine rings is 1. The molecule has 0 atom stereocenters. The molecule has 238 valence electrons. The zero-order valence-electron chi connectivity index (χ0n) is 24.2. The summed E-state index contributed by atoms with van der Waals surface area (Å²) in [5.41, 5.74) is -0.562. The van der Waals surface area contributed by atoms with Crippen LogP contribution >= 0.6 is 11.8 Å². The van der Waals surface area contributed by atoms with Crippen LogP contribution in [0.2, 0.25) is 0 Å². The molecule has 3 aromatic rings. The van der Waals surface area contributed by atoms with E-state index < -0.39 is 35.6 Å². The Morgan fingerprint density at radius 1 is 0.956 bits per heavy atom. The quantitative estimate of drug-likeness (QED) is 0.206. The molecule has 0 N–H and O–H groups in total. The molecule has 1 saturated heterocycles. The van der Waals surface area contributed by atoms with Crippen molar-refractivity contribution in [1.82, 2.24) is 14.8 Å². The van der Waals surface area contributed by atoms with Gasteiger partial charge >= 0.3 is 12.4 Å². The van der Waals surface area contributed by atoms with Crippen LogP contribution in [-0.4, -0.2) is 59.1 Å². The van der Waals surface area contributed by atoms with E-state index in [-0.39, 0.29) is 23.5 Å². The zero-order chi connectivity index (χ0) is 32.4. The van der Waals surface area contributed by atoms with Crippen molar-refractivity contribution in [3.05, 3.63) is 93.1 Å². The number of halogens is 6. The van der Waals surface area contributed by atoms with Gasteiger partial charge < -0.3 is 14.4 Å². The summed E-state index contributed by atoms with van der Waals surface area (Å²) in [7, 11) is 1.34.